The first-order valence-electron chi connectivity index (χ1n) is 9.25. The normalized spacial score (nSPS) is 31.1. The minimum Gasteiger partial charge on any atom is -0.389 e. The van der Waals surface area contributed by atoms with Crippen molar-refractivity contribution in [1.82, 2.24) is 4.90 Å². The lowest BCUT2D eigenvalue weighted by atomic mass is 9.94. The van der Waals surface area contributed by atoms with Gasteiger partial charge in [0.2, 0.25) is 7.37 Å². The SMILES string of the molecule is CCCCCCCN1C[C@H](O)[C@@H](O)[C@@H](OCP(C)(=O)OCC)[C@H]1C. The summed E-state index contributed by atoms with van der Waals surface area (Å²) in [6.45, 7) is 9.21. The number of aliphatic hydroxyl groups excluding tert-OH is 2. The lowest BCUT2D eigenvalue weighted by Crippen LogP contribution is -2.61. The Balaban J connectivity index is 2.54. The molecular weight excluding hydrogens is 329 g/mol. The van der Waals surface area contributed by atoms with Crippen molar-refractivity contribution < 1.29 is 24.0 Å². The van der Waals surface area contributed by atoms with Crippen LogP contribution < -0.4 is 0 Å². The number of hydrogen-bond donors (Lipinski definition) is 2. The molecule has 1 rings (SSSR count). The standard InChI is InChI=1S/C17H36NO5P/c1-5-7-8-9-10-11-18-12-15(19)16(20)17(14(18)3)22-13-24(4,21)23-6-2/h14-17,19-20H,5-13H2,1-4H3/t14-,15+,16-,17+,24?/m1/s1. The largest absolute Gasteiger partial charge is 0.389 e. The molecule has 2 N–H and O–H groups in total. The van der Waals surface area contributed by atoms with Crippen molar-refractivity contribution in [3.05, 3.63) is 0 Å². The second kappa shape index (κ2) is 10.9. The predicted octanol–water partition coefficient (Wildman–Crippen LogP) is 2.67. The molecule has 7 heteroatoms. The van der Waals surface area contributed by atoms with E-state index in [-0.39, 0.29) is 12.4 Å². The van der Waals surface area contributed by atoms with Crippen LogP contribution in [0.5, 0.6) is 0 Å². The Hall–Kier alpha value is 0.0300. The van der Waals surface area contributed by atoms with Gasteiger partial charge >= 0.3 is 0 Å². The Labute approximate surface area is 147 Å². The monoisotopic (exact) mass is 365 g/mol. The van der Waals surface area contributed by atoms with Gasteiger partial charge < -0.3 is 19.5 Å². The molecule has 1 aliphatic rings. The van der Waals surface area contributed by atoms with Crippen molar-refractivity contribution in [2.75, 3.05) is 32.7 Å². The molecule has 0 amide bonds. The molecule has 0 aliphatic carbocycles. The maximum absolute atomic E-state index is 12.2. The van der Waals surface area contributed by atoms with Crippen LogP contribution in [0.15, 0.2) is 0 Å². The predicted molar refractivity (Wildman–Crippen MR) is 96.7 cm³/mol. The van der Waals surface area contributed by atoms with E-state index >= 15 is 0 Å². The number of β-amino-alcohol motifs (C(OH)–C–C–N with tert-alkyl or cyclic N) is 1. The van der Waals surface area contributed by atoms with Gasteiger partial charge in [0.1, 0.15) is 18.6 Å². The van der Waals surface area contributed by atoms with Gasteiger partial charge in [-0.3, -0.25) is 9.46 Å². The molecule has 0 radical (unpaired) electrons. The van der Waals surface area contributed by atoms with Crippen molar-refractivity contribution in [2.45, 2.75) is 77.2 Å². The van der Waals surface area contributed by atoms with Crippen molar-refractivity contribution in [1.29, 1.82) is 0 Å². The number of aliphatic hydroxyl groups is 2. The van der Waals surface area contributed by atoms with Gasteiger partial charge in [-0.05, 0) is 26.8 Å². The molecule has 0 aromatic carbocycles. The number of ether oxygens (including phenoxy) is 1. The maximum atomic E-state index is 12.2. The van der Waals surface area contributed by atoms with Gasteiger partial charge in [0.25, 0.3) is 0 Å². The van der Waals surface area contributed by atoms with E-state index in [1.807, 2.05) is 6.92 Å². The number of piperidine rings is 1. The van der Waals surface area contributed by atoms with Gasteiger partial charge in [-0.15, -0.1) is 0 Å². The van der Waals surface area contributed by atoms with E-state index in [0.717, 1.165) is 13.0 Å². The summed E-state index contributed by atoms with van der Waals surface area (Å²) >= 11 is 0. The van der Waals surface area contributed by atoms with Crippen LogP contribution in [-0.2, 0) is 13.8 Å². The van der Waals surface area contributed by atoms with E-state index in [1.54, 1.807) is 6.92 Å². The molecule has 5 atom stereocenters. The molecule has 0 spiro atoms. The molecule has 0 saturated carbocycles. The number of rotatable bonds is 11. The minimum absolute atomic E-state index is 0.0313. The molecule has 0 aromatic heterocycles. The van der Waals surface area contributed by atoms with E-state index in [1.165, 1.54) is 32.3 Å². The van der Waals surface area contributed by atoms with Gasteiger partial charge in [-0.25, -0.2) is 0 Å². The summed E-state index contributed by atoms with van der Waals surface area (Å²) in [4.78, 5) is 2.16. The summed E-state index contributed by atoms with van der Waals surface area (Å²) in [5.41, 5.74) is 0. The van der Waals surface area contributed by atoms with E-state index in [4.69, 9.17) is 9.26 Å². The molecule has 1 unspecified atom stereocenters. The van der Waals surface area contributed by atoms with E-state index in [9.17, 15) is 14.8 Å². The maximum Gasteiger partial charge on any atom is 0.225 e. The molecule has 6 nitrogen and oxygen atoms in total. The highest BCUT2D eigenvalue weighted by atomic mass is 31.2. The fourth-order valence-corrected chi connectivity index (χ4v) is 4.27. The zero-order valence-electron chi connectivity index (χ0n) is 15.7. The van der Waals surface area contributed by atoms with Crippen LogP contribution in [0.2, 0.25) is 0 Å². The summed E-state index contributed by atoms with van der Waals surface area (Å²) in [5.74, 6) is 0. The first kappa shape index (κ1) is 22.1. The topological polar surface area (TPSA) is 79.2 Å². The third kappa shape index (κ3) is 7.11. The summed E-state index contributed by atoms with van der Waals surface area (Å²) in [5, 5.41) is 20.4. The smallest absolute Gasteiger partial charge is 0.225 e. The Bertz CT molecular complexity index is 395. The second-order valence-corrected chi connectivity index (χ2v) is 9.44. The Morgan fingerprint density at radius 1 is 1.17 bits per heavy atom. The Kier molecular flexibility index (Phi) is 10.0. The van der Waals surface area contributed by atoms with Crippen LogP contribution in [0.4, 0.5) is 0 Å². The van der Waals surface area contributed by atoms with Crippen LogP contribution in [-0.4, -0.2) is 72.2 Å². The number of hydrogen-bond acceptors (Lipinski definition) is 6. The molecule has 0 bridgehead atoms. The first-order valence-corrected chi connectivity index (χ1v) is 11.5. The van der Waals surface area contributed by atoms with E-state index < -0.39 is 25.7 Å². The Morgan fingerprint density at radius 2 is 1.83 bits per heavy atom. The van der Waals surface area contributed by atoms with E-state index in [0.29, 0.717) is 13.2 Å². The molecule has 1 heterocycles. The molecule has 144 valence electrons. The molecule has 1 saturated heterocycles. The summed E-state index contributed by atoms with van der Waals surface area (Å²) in [7, 11) is -2.82. The lowest BCUT2D eigenvalue weighted by molar-refractivity contribution is -0.149. The van der Waals surface area contributed by atoms with Crippen LogP contribution in [0.1, 0.15) is 52.9 Å². The van der Waals surface area contributed by atoms with Gasteiger partial charge in [0.05, 0.1) is 12.7 Å². The molecule has 0 aromatic rings. The first-order chi connectivity index (χ1) is 11.3. The van der Waals surface area contributed by atoms with Crippen molar-refractivity contribution in [2.24, 2.45) is 0 Å². The van der Waals surface area contributed by atoms with Gasteiger partial charge in [-0.1, -0.05) is 32.6 Å². The molecular formula is C17H36NO5P. The number of unbranched alkanes of at least 4 members (excludes halogenated alkanes) is 4. The van der Waals surface area contributed by atoms with E-state index in [2.05, 4.69) is 11.8 Å². The van der Waals surface area contributed by atoms with Crippen LogP contribution in [0.3, 0.4) is 0 Å². The fourth-order valence-electron chi connectivity index (χ4n) is 3.21. The highest BCUT2D eigenvalue weighted by Crippen LogP contribution is 2.43. The van der Waals surface area contributed by atoms with Crippen LogP contribution >= 0.6 is 7.37 Å². The van der Waals surface area contributed by atoms with Crippen molar-refractivity contribution in [3.63, 3.8) is 0 Å². The third-order valence-electron chi connectivity index (χ3n) is 4.66. The lowest BCUT2D eigenvalue weighted by Gasteiger charge is -2.44. The highest BCUT2D eigenvalue weighted by molar-refractivity contribution is 7.57. The zero-order chi connectivity index (χ0) is 18.2. The minimum atomic E-state index is -2.82. The van der Waals surface area contributed by atoms with Crippen molar-refractivity contribution >= 4 is 7.37 Å². The summed E-state index contributed by atoms with van der Waals surface area (Å²) in [6.07, 6.45) is 3.56. The highest BCUT2D eigenvalue weighted by Gasteiger charge is 2.41. The van der Waals surface area contributed by atoms with Crippen LogP contribution in [0, 0.1) is 0 Å². The fraction of sp³-hybridized carbons (Fsp3) is 1.00. The van der Waals surface area contributed by atoms with Gasteiger partial charge in [0.15, 0.2) is 0 Å². The van der Waals surface area contributed by atoms with Crippen LogP contribution in [0.25, 0.3) is 0 Å². The van der Waals surface area contributed by atoms with Gasteiger partial charge in [-0.2, -0.15) is 0 Å². The van der Waals surface area contributed by atoms with Crippen molar-refractivity contribution in [3.8, 4) is 0 Å². The number of likely N-dealkylation sites (tertiary alicyclic amines) is 1. The Morgan fingerprint density at radius 3 is 2.46 bits per heavy atom. The zero-order valence-corrected chi connectivity index (χ0v) is 16.6. The molecule has 24 heavy (non-hydrogen) atoms. The third-order valence-corrected chi connectivity index (χ3v) is 6.08. The quantitative estimate of drug-likeness (QED) is 0.433. The second-order valence-electron chi connectivity index (χ2n) is 6.90. The molecule has 1 fully saturated rings. The summed E-state index contributed by atoms with van der Waals surface area (Å²) in [6, 6.07) is -0.0313. The average molecular weight is 365 g/mol. The average Bonchev–Trinajstić information content (AvgIpc) is 2.51. The summed E-state index contributed by atoms with van der Waals surface area (Å²) < 4.78 is 23.2. The number of nitrogens with zero attached hydrogens (tertiary/aromatic N) is 1. The van der Waals surface area contributed by atoms with Gasteiger partial charge in [0, 0.05) is 19.3 Å². The molecule has 1 aliphatic heterocycles.